The first-order valence-corrected chi connectivity index (χ1v) is 14.9. The Morgan fingerprint density at radius 2 is 1.62 bits per heavy atom. The van der Waals surface area contributed by atoms with Crippen LogP contribution in [0.5, 0.6) is 0 Å². The maximum absolute atomic E-state index is 13.7. The monoisotopic (exact) mass is 578 g/mol. The number of halogens is 1. The summed E-state index contributed by atoms with van der Waals surface area (Å²) in [7, 11) is 0. The van der Waals surface area contributed by atoms with Crippen molar-refractivity contribution in [2.75, 3.05) is 36.4 Å². The van der Waals surface area contributed by atoms with Crippen LogP contribution in [0, 0.1) is 0 Å². The zero-order valence-electron chi connectivity index (χ0n) is 24.2. The quantitative estimate of drug-likeness (QED) is 0.223. The lowest BCUT2D eigenvalue weighted by atomic mass is 10.0. The number of benzene rings is 3. The van der Waals surface area contributed by atoms with Gasteiger partial charge in [-0.05, 0) is 68.3 Å². The zero-order valence-corrected chi connectivity index (χ0v) is 25.0. The van der Waals surface area contributed by atoms with E-state index in [1.165, 1.54) is 5.69 Å². The smallest absolute Gasteiger partial charge is 0.260 e. The number of aromatic nitrogens is 3. The van der Waals surface area contributed by atoms with Crippen molar-refractivity contribution in [3.05, 3.63) is 100 Å². The molecule has 0 aliphatic carbocycles. The molecule has 0 atom stereocenters. The molecule has 214 valence electrons. The van der Waals surface area contributed by atoms with Gasteiger partial charge in [-0.15, -0.1) is 0 Å². The molecule has 1 aliphatic heterocycles. The molecule has 1 saturated heterocycles. The number of nitrogens with one attached hydrogen (secondary N) is 1. The lowest BCUT2D eigenvalue weighted by Crippen LogP contribution is -2.48. The molecule has 6 rings (SSSR count). The average Bonchev–Trinajstić information content (AvgIpc) is 3.02. The molecule has 1 N–H and O–H groups in total. The number of anilines is 3. The van der Waals surface area contributed by atoms with Gasteiger partial charge in [0.05, 0.1) is 0 Å². The third-order valence-corrected chi connectivity index (χ3v) is 8.36. The Morgan fingerprint density at radius 1 is 0.881 bits per heavy atom. The second-order valence-electron chi connectivity index (χ2n) is 10.9. The highest BCUT2D eigenvalue weighted by molar-refractivity contribution is 6.33. The van der Waals surface area contributed by atoms with Crippen molar-refractivity contribution in [3.8, 4) is 22.3 Å². The Kier molecular flexibility index (Phi) is 7.96. The van der Waals surface area contributed by atoms with E-state index in [-0.39, 0.29) is 5.56 Å². The predicted octanol–water partition coefficient (Wildman–Crippen LogP) is 7.07. The lowest BCUT2D eigenvalue weighted by molar-refractivity contribution is 0.209. The Balaban J connectivity index is 1.24. The minimum atomic E-state index is -0.133. The first-order valence-electron chi connectivity index (χ1n) is 14.5. The Morgan fingerprint density at radius 3 is 2.29 bits per heavy atom. The van der Waals surface area contributed by atoms with Crippen LogP contribution >= 0.6 is 11.6 Å². The summed E-state index contributed by atoms with van der Waals surface area (Å²) < 4.78 is 1.68. The van der Waals surface area contributed by atoms with Crippen LogP contribution < -0.4 is 15.8 Å². The maximum atomic E-state index is 13.7. The van der Waals surface area contributed by atoms with Gasteiger partial charge in [-0.1, -0.05) is 54.1 Å². The number of aryl methyl sites for hydroxylation is 1. The molecule has 0 radical (unpaired) electrons. The number of piperazine rings is 1. The van der Waals surface area contributed by atoms with E-state index in [9.17, 15) is 4.79 Å². The molecule has 1 aliphatic rings. The number of nitrogens with zero attached hydrogens (tertiary/aromatic N) is 5. The van der Waals surface area contributed by atoms with E-state index in [0.29, 0.717) is 40.3 Å². The van der Waals surface area contributed by atoms with Gasteiger partial charge >= 0.3 is 0 Å². The van der Waals surface area contributed by atoms with E-state index in [4.69, 9.17) is 16.6 Å². The van der Waals surface area contributed by atoms with Crippen molar-refractivity contribution in [1.29, 1.82) is 0 Å². The Hall–Kier alpha value is -4.20. The fourth-order valence-corrected chi connectivity index (χ4v) is 5.91. The summed E-state index contributed by atoms with van der Waals surface area (Å²) in [4.78, 5) is 27.9. The van der Waals surface area contributed by atoms with E-state index in [0.717, 1.165) is 48.4 Å². The van der Waals surface area contributed by atoms with Crippen LogP contribution in [-0.4, -0.2) is 51.7 Å². The standard InChI is InChI=1S/C34H35ClN6O/c1-4-41-32-26(20-30(33(41)42)29-15-10-25(21-31(29)35)24-8-6-5-7-9-24)22-36-34(38-32)37-27-11-13-28(14-12-27)40-18-16-39(17-19-40)23(2)3/h5-15,20-23H,4,16-19H2,1-3H3,(H,36,37,38). The largest absolute Gasteiger partial charge is 0.369 e. The first kappa shape index (κ1) is 27.9. The molecule has 2 aromatic heterocycles. The molecule has 0 unspecified atom stereocenters. The summed E-state index contributed by atoms with van der Waals surface area (Å²) >= 11 is 6.73. The van der Waals surface area contributed by atoms with Gasteiger partial charge in [0.15, 0.2) is 0 Å². The Labute approximate surface area is 251 Å². The fraction of sp³-hybridized carbons (Fsp3) is 0.265. The van der Waals surface area contributed by atoms with E-state index in [2.05, 4.69) is 58.2 Å². The van der Waals surface area contributed by atoms with Gasteiger partial charge in [-0.2, -0.15) is 4.98 Å². The SMILES string of the molecule is CCn1c(=O)c(-c2ccc(-c3ccccc3)cc2Cl)cc2cnc(Nc3ccc(N4CCN(C(C)C)CC4)cc3)nc21. The summed E-state index contributed by atoms with van der Waals surface area (Å²) in [6, 6.07) is 26.7. The van der Waals surface area contributed by atoms with E-state index in [1.54, 1.807) is 10.8 Å². The summed E-state index contributed by atoms with van der Waals surface area (Å²) in [6.45, 7) is 11.1. The van der Waals surface area contributed by atoms with Crippen molar-refractivity contribution < 1.29 is 0 Å². The second kappa shape index (κ2) is 12.0. The summed E-state index contributed by atoms with van der Waals surface area (Å²) in [5, 5.41) is 4.61. The van der Waals surface area contributed by atoms with E-state index < -0.39 is 0 Å². The van der Waals surface area contributed by atoms with Crippen LogP contribution in [0.2, 0.25) is 5.02 Å². The molecule has 0 bridgehead atoms. The average molecular weight is 579 g/mol. The van der Waals surface area contributed by atoms with Crippen LogP contribution in [0.4, 0.5) is 17.3 Å². The van der Waals surface area contributed by atoms with Crippen LogP contribution in [0.1, 0.15) is 20.8 Å². The van der Waals surface area contributed by atoms with Crippen LogP contribution in [0.25, 0.3) is 33.3 Å². The molecule has 0 amide bonds. The van der Waals surface area contributed by atoms with E-state index >= 15 is 0 Å². The number of pyridine rings is 1. The molecule has 7 nitrogen and oxygen atoms in total. The highest BCUT2D eigenvalue weighted by Gasteiger charge is 2.19. The minimum Gasteiger partial charge on any atom is -0.369 e. The number of hydrogen-bond donors (Lipinski definition) is 1. The molecular weight excluding hydrogens is 544 g/mol. The molecule has 5 aromatic rings. The zero-order chi connectivity index (χ0) is 29.2. The highest BCUT2D eigenvalue weighted by atomic mass is 35.5. The fourth-order valence-electron chi connectivity index (χ4n) is 5.63. The van der Waals surface area contributed by atoms with Crippen molar-refractivity contribution >= 4 is 40.0 Å². The highest BCUT2D eigenvalue weighted by Crippen LogP contribution is 2.32. The van der Waals surface area contributed by atoms with Gasteiger partial charge in [-0.3, -0.25) is 14.3 Å². The molecule has 3 aromatic carbocycles. The van der Waals surface area contributed by atoms with Gasteiger partial charge in [0.1, 0.15) is 5.65 Å². The molecule has 1 fully saturated rings. The second-order valence-corrected chi connectivity index (χ2v) is 11.3. The number of fused-ring (bicyclic) bond motifs is 1. The minimum absolute atomic E-state index is 0.133. The predicted molar refractivity (Wildman–Crippen MR) is 174 cm³/mol. The van der Waals surface area contributed by atoms with Crippen molar-refractivity contribution in [2.24, 2.45) is 0 Å². The van der Waals surface area contributed by atoms with Gasteiger partial charge in [0.2, 0.25) is 5.95 Å². The molecular formula is C34H35ClN6O. The molecule has 0 spiro atoms. The maximum Gasteiger partial charge on any atom is 0.260 e. The molecule has 8 heteroatoms. The van der Waals surface area contributed by atoms with Gasteiger partial charge in [0, 0.05) is 77.9 Å². The normalized spacial score (nSPS) is 14.1. The lowest BCUT2D eigenvalue weighted by Gasteiger charge is -2.38. The third kappa shape index (κ3) is 5.62. The number of rotatable bonds is 7. The van der Waals surface area contributed by atoms with Gasteiger partial charge in [-0.25, -0.2) is 4.98 Å². The summed E-state index contributed by atoms with van der Waals surface area (Å²) in [6.07, 6.45) is 1.76. The van der Waals surface area contributed by atoms with Crippen LogP contribution in [-0.2, 0) is 6.54 Å². The Bertz CT molecular complexity index is 1760. The third-order valence-electron chi connectivity index (χ3n) is 8.04. The van der Waals surface area contributed by atoms with Gasteiger partial charge < -0.3 is 10.2 Å². The van der Waals surface area contributed by atoms with E-state index in [1.807, 2.05) is 61.5 Å². The molecule has 0 saturated carbocycles. The van der Waals surface area contributed by atoms with Crippen molar-refractivity contribution in [3.63, 3.8) is 0 Å². The van der Waals surface area contributed by atoms with Gasteiger partial charge in [0.25, 0.3) is 5.56 Å². The topological polar surface area (TPSA) is 66.3 Å². The molecule has 42 heavy (non-hydrogen) atoms. The summed E-state index contributed by atoms with van der Waals surface area (Å²) in [5.41, 5.74) is 5.86. The molecule has 3 heterocycles. The van der Waals surface area contributed by atoms with Crippen molar-refractivity contribution in [1.82, 2.24) is 19.4 Å². The summed E-state index contributed by atoms with van der Waals surface area (Å²) in [5.74, 6) is 0.445. The van der Waals surface area contributed by atoms with Crippen molar-refractivity contribution in [2.45, 2.75) is 33.4 Å². The number of hydrogen-bond acceptors (Lipinski definition) is 6. The first-order chi connectivity index (χ1) is 20.4. The van der Waals surface area contributed by atoms with Crippen LogP contribution in [0.15, 0.2) is 89.9 Å². The van der Waals surface area contributed by atoms with Crippen LogP contribution in [0.3, 0.4) is 0 Å².